The zero-order valence-electron chi connectivity index (χ0n) is 14.2. The van der Waals surface area contributed by atoms with E-state index in [-0.39, 0.29) is 10.8 Å². The Morgan fingerprint density at radius 2 is 1.72 bits per heavy atom. The first kappa shape index (κ1) is 19.6. The third kappa shape index (κ3) is 5.39. The highest BCUT2D eigenvalue weighted by molar-refractivity contribution is 9.10. The molecule has 1 N–H and O–H groups in total. The zero-order valence-corrected chi connectivity index (χ0v) is 16.6. The number of nitrogens with zero attached hydrogens (tertiary/aromatic N) is 1. The van der Waals surface area contributed by atoms with Gasteiger partial charge in [-0.05, 0) is 35.7 Å². The van der Waals surface area contributed by atoms with Crippen LogP contribution in [0.5, 0.6) is 0 Å². The van der Waals surface area contributed by atoms with Gasteiger partial charge in [0.2, 0.25) is 15.9 Å². The number of carbonyl (C=O) groups excluding carboxylic acids is 1. The summed E-state index contributed by atoms with van der Waals surface area (Å²) in [5.41, 5.74) is 1.95. The molecule has 0 unspecified atom stereocenters. The first-order valence-electron chi connectivity index (χ1n) is 7.82. The molecule has 2 aromatic rings. The van der Waals surface area contributed by atoms with Crippen LogP contribution in [0.15, 0.2) is 57.9 Å². The summed E-state index contributed by atoms with van der Waals surface area (Å²) in [7, 11) is -0.438. The van der Waals surface area contributed by atoms with E-state index in [2.05, 4.69) is 21.2 Å². The quantitative estimate of drug-likeness (QED) is 0.742. The molecule has 0 saturated carbocycles. The van der Waals surface area contributed by atoms with E-state index in [1.54, 1.807) is 24.3 Å². The van der Waals surface area contributed by atoms with Gasteiger partial charge in [-0.15, -0.1) is 0 Å². The summed E-state index contributed by atoms with van der Waals surface area (Å²) < 4.78 is 26.2. The van der Waals surface area contributed by atoms with Crippen LogP contribution in [0.2, 0.25) is 0 Å². The van der Waals surface area contributed by atoms with Gasteiger partial charge in [-0.3, -0.25) is 4.79 Å². The fourth-order valence-corrected chi connectivity index (χ4v) is 3.61. The van der Waals surface area contributed by atoms with Crippen LogP contribution in [0.3, 0.4) is 0 Å². The number of sulfonamides is 1. The molecule has 25 heavy (non-hydrogen) atoms. The number of benzene rings is 2. The van der Waals surface area contributed by atoms with Crippen molar-refractivity contribution in [3.05, 3.63) is 64.1 Å². The molecule has 0 aliphatic rings. The SMILES string of the molecule is CN(C)S(=O)(=O)c1ccc(CNC(=O)CCc2ccccc2Br)cc1. The van der Waals surface area contributed by atoms with Crippen molar-refractivity contribution in [1.82, 2.24) is 9.62 Å². The molecule has 0 spiro atoms. The summed E-state index contributed by atoms with van der Waals surface area (Å²) >= 11 is 3.47. The van der Waals surface area contributed by atoms with E-state index in [1.807, 2.05) is 24.3 Å². The van der Waals surface area contributed by atoms with Gasteiger partial charge in [0.25, 0.3) is 0 Å². The Kier molecular flexibility index (Phi) is 6.75. The van der Waals surface area contributed by atoms with Gasteiger partial charge in [-0.1, -0.05) is 46.3 Å². The molecule has 0 aromatic heterocycles. The third-order valence-electron chi connectivity index (χ3n) is 3.77. The van der Waals surface area contributed by atoms with Crippen molar-refractivity contribution in [1.29, 1.82) is 0 Å². The molecule has 134 valence electrons. The van der Waals surface area contributed by atoms with Gasteiger partial charge < -0.3 is 5.32 Å². The third-order valence-corrected chi connectivity index (χ3v) is 6.37. The highest BCUT2D eigenvalue weighted by Crippen LogP contribution is 2.17. The van der Waals surface area contributed by atoms with E-state index < -0.39 is 10.0 Å². The number of halogens is 1. The Bertz CT molecular complexity index is 834. The lowest BCUT2D eigenvalue weighted by molar-refractivity contribution is -0.121. The fourth-order valence-electron chi connectivity index (χ4n) is 2.23. The van der Waals surface area contributed by atoms with Crippen LogP contribution in [0, 0.1) is 0 Å². The summed E-state index contributed by atoms with van der Waals surface area (Å²) in [6.45, 7) is 0.372. The van der Waals surface area contributed by atoms with Crippen LogP contribution < -0.4 is 5.32 Å². The van der Waals surface area contributed by atoms with Crippen LogP contribution >= 0.6 is 15.9 Å². The molecule has 2 aromatic carbocycles. The Balaban J connectivity index is 1.87. The predicted octanol–water partition coefficient (Wildman–Crippen LogP) is 2.95. The molecule has 2 rings (SSSR count). The highest BCUT2D eigenvalue weighted by atomic mass is 79.9. The normalized spacial score (nSPS) is 11.5. The number of nitrogens with one attached hydrogen (secondary N) is 1. The van der Waals surface area contributed by atoms with Gasteiger partial charge in [0.1, 0.15) is 0 Å². The topological polar surface area (TPSA) is 66.5 Å². The standard InChI is InChI=1S/C18H21BrN2O3S/c1-21(2)25(23,24)16-10-7-14(8-11-16)13-20-18(22)12-9-15-5-3-4-6-17(15)19/h3-8,10-11H,9,12-13H2,1-2H3,(H,20,22). The molecule has 0 aliphatic heterocycles. The molecule has 7 heteroatoms. The number of hydrogen-bond acceptors (Lipinski definition) is 3. The van der Waals surface area contributed by atoms with Crippen molar-refractivity contribution in [2.45, 2.75) is 24.3 Å². The van der Waals surface area contributed by atoms with Gasteiger partial charge in [-0.25, -0.2) is 12.7 Å². The minimum Gasteiger partial charge on any atom is -0.352 e. The molecule has 0 aliphatic carbocycles. The molecular weight excluding hydrogens is 404 g/mol. The largest absolute Gasteiger partial charge is 0.352 e. The summed E-state index contributed by atoms with van der Waals surface area (Å²) in [4.78, 5) is 12.2. The number of carbonyl (C=O) groups is 1. The summed E-state index contributed by atoms with van der Waals surface area (Å²) in [6, 6.07) is 14.4. The van der Waals surface area contributed by atoms with Crippen molar-refractivity contribution in [3.63, 3.8) is 0 Å². The molecule has 1 amide bonds. The maximum absolute atomic E-state index is 12.0. The number of rotatable bonds is 7. The average molecular weight is 425 g/mol. The first-order chi connectivity index (χ1) is 11.8. The zero-order chi connectivity index (χ0) is 18.4. The second-order valence-corrected chi connectivity index (χ2v) is 8.81. The molecule has 0 radical (unpaired) electrons. The van der Waals surface area contributed by atoms with Crippen molar-refractivity contribution in [2.75, 3.05) is 14.1 Å². The average Bonchev–Trinajstić information content (AvgIpc) is 2.59. The summed E-state index contributed by atoms with van der Waals surface area (Å²) in [5, 5.41) is 2.86. The van der Waals surface area contributed by atoms with E-state index in [0.717, 1.165) is 15.6 Å². The monoisotopic (exact) mass is 424 g/mol. The van der Waals surface area contributed by atoms with Gasteiger partial charge in [0.15, 0.2) is 0 Å². The minimum absolute atomic E-state index is 0.0410. The van der Waals surface area contributed by atoms with Crippen LogP contribution in [-0.2, 0) is 27.8 Å². The molecule has 5 nitrogen and oxygen atoms in total. The van der Waals surface area contributed by atoms with Crippen molar-refractivity contribution >= 4 is 31.9 Å². The van der Waals surface area contributed by atoms with Crippen molar-refractivity contribution < 1.29 is 13.2 Å². The van der Waals surface area contributed by atoms with E-state index in [9.17, 15) is 13.2 Å². The van der Waals surface area contributed by atoms with E-state index in [0.29, 0.717) is 19.4 Å². The predicted molar refractivity (Wildman–Crippen MR) is 102 cm³/mol. The van der Waals surface area contributed by atoms with Gasteiger partial charge in [0, 0.05) is 31.5 Å². The van der Waals surface area contributed by atoms with E-state index in [1.165, 1.54) is 18.4 Å². The molecule has 0 bridgehead atoms. The second kappa shape index (κ2) is 8.60. The lowest BCUT2D eigenvalue weighted by atomic mass is 10.1. The van der Waals surface area contributed by atoms with Crippen LogP contribution in [-0.4, -0.2) is 32.7 Å². The van der Waals surface area contributed by atoms with Crippen LogP contribution in [0.4, 0.5) is 0 Å². The number of aryl methyl sites for hydroxylation is 1. The highest BCUT2D eigenvalue weighted by Gasteiger charge is 2.16. The molecule has 0 heterocycles. The number of hydrogen-bond donors (Lipinski definition) is 1. The summed E-state index contributed by atoms with van der Waals surface area (Å²) in [6.07, 6.45) is 1.06. The van der Waals surface area contributed by atoms with Gasteiger partial charge in [-0.2, -0.15) is 0 Å². The first-order valence-corrected chi connectivity index (χ1v) is 10.1. The van der Waals surface area contributed by atoms with Crippen molar-refractivity contribution in [3.8, 4) is 0 Å². The maximum atomic E-state index is 12.0. The fraction of sp³-hybridized carbons (Fsp3) is 0.278. The lowest BCUT2D eigenvalue weighted by Gasteiger charge is -2.12. The van der Waals surface area contributed by atoms with E-state index in [4.69, 9.17) is 0 Å². The Morgan fingerprint density at radius 1 is 1.08 bits per heavy atom. The minimum atomic E-state index is -3.43. The Hall–Kier alpha value is -1.70. The Morgan fingerprint density at radius 3 is 2.32 bits per heavy atom. The second-order valence-electron chi connectivity index (χ2n) is 5.80. The van der Waals surface area contributed by atoms with Crippen molar-refractivity contribution in [2.24, 2.45) is 0 Å². The lowest BCUT2D eigenvalue weighted by Crippen LogP contribution is -2.23. The molecule has 0 saturated heterocycles. The Labute approximate surface area is 157 Å². The maximum Gasteiger partial charge on any atom is 0.242 e. The molecule has 0 fully saturated rings. The van der Waals surface area contributed by atoms with Crippen LogP contribution in [0.25, 0.3) is 0 Å². The van der Waals surface area contributed by atoms with E-state index >= 15 is 0 Å². The summed E-state index contributed by atoms with van der Waals surface area (Å²) in [5.74, 6) is -0.0410. The molecular formula is C18H21BrN2O3S. The van der Waals surface area contributed by atoms with Gasteiger partial charge in [0.05, 0.1) is 4.90 Å². The van der Waals surface area contributed by atoms with Gasteiger partial charge >= 0.3 is 0 Å². The number of amides is 1. The smallest absolute Gasteiger partial charge is 0.242 e. The van der Waals surface area contributed by atoms with Crippen LogP contribution in [0.1, 0.15) is 17.5 Å². The molecule has 0 atom stereocenters.